The van der Waals surface area contributed by atoms with E-state index in [4.69, 9.17) is 11.5 Å². The minimum atomic E-state index is -4.33. The maximum atomic E-state index is 11.4. The van der Waals surface area contributed by atoms with E-state index in [1.165, 1.54) is 24.3 Å². The van der Waals surface area contributed by atoms with E-state index < -0.39 is 20.2 Å². The molecule has 4 rings (SSSR count). The first-order valence-electron chi connectivity index (χ1n) is 9.89. The lowest BCUT2D eigenvalue weighted by atomic mass is 9.89. The molecule has 0 saturated heterocycles. The summed E-state index contributed by atoms with van der Waals surface area (Å²) >= 11 is 0. The highest BCUT2D eigenvalue weighted by Gasteiger charge is 2.16. The van der Waals surface area contributed by atoms with Crippen LogP contribution in [0.3, 0.4) is 0 Å². The monoisotopic (exact) mass is 496 g/mol. The third-order valence-electron chi connectivity index (χ3n) is 5.30. The first kappa shape index (κ1) is 23.5. The van der Waals surface area contributed by atoms with Crippen LogP contribution >= 0.6 is 0 Å². The summed E-state index contributed by atoms with van der Waals surface area (Å²) in [6.07, 6.45) is 0. The number of anilines is 2. The van der Waals surface area contributed by atoms with Crippen LogP contribution in [0.15, 0.2) is 94.7 Å². The van der Waals surface area contributed by atoms with Crippen molar-refractivity contribution in [1.82, 2.24) is 0 Å². The van der Waals surface area contributed by atoms with Crippen LogP contribution < -0.4 is 11.5 Å². The molecule has 0 aliphatic rings. The van der Waals surface area contributed by atoms with Gasteiger partial charge in [-0.2, -0.15) is 16.8 Å². The van der Waals surface area contributed by atoms with Gasteiger partial charge in [0, 0.05) is 11.4 Å². The number of hydrogen-bond donors (Lipinski definition) is 4. The van der Waals surface area contributed by atoms with E-state index in [0.717, 1.165) is 11.1 Å². The molecule has 34 heavy (non-hydrogen) atoms. The molecular formula is C24H20N2O6S2. The third-order valence-corrected chi connectivity index (χ3v) is 7.04. The lowest BCUT2D eigenvalue weighted by molar-refractivity contribution is 0.481. The molecule has 0 saturated carbocycles. The summed E-state index contributed by atoms with van der Waals surface area (Å²) in [6, 6.07) is 22.1. The van der Waals surface area contributed by atoms with Crippen LogP contribution in [0.4, 0.5) is 11.4 Å². The molecule has 0 aliphatic heterocycles. The summed E-state index contributed by atoms with van der Waals surface area (Å²) < 4.78 is 64.2. The average molecular weight is 497 g/mol. The van der Waals surface area contributed by atoms with Gasteiger partial charge in [0.2, 0.25) is 0 Å². The first-order chi connectivity index (χ1) is 15.9. The van der Waals surface area contributed by atoms with E-state index in [9.17, 15) is 25.9 Å². The Morgan fingerprint density at radius 1 is 0.471 bits per heavy atom. The van der Waals surface area contributed by atoms with Gasteiger partial charge in [-0.25, -0.2) is 0 Å². The van der Waals surface area contributed by atoms with Crippen LogP contribution in [-0.2, 0) is 20.2 Å². The minimum Gasteiger partial charge on any atom is -0.399 e. The van der Waals surface area contributed by atoms with Crippen LogP contribution in [0.5, 0.6) is 0 Å². The standard InChI is InChI=1S/C24H20N2O6S2/c25-17-5-11-21(23(13-17)15-1-7-19(8-2-15)33(27,28)29)22-12-6-18(26)14-24(22)16-3-9-20(10-4-16)34(30,31)32/h1-14H,25-26H2,(H,27,28,29)(H,30,31,32). The predicted octanol–water partition coefficient (Wildman–Crippen LogP) is 4.35. The summed E-state index contributed by atoms with van der Waals surface area (Å²) in [6.45, 7) is 0. The maximum Gasteiger partial charge on any atom is 0.294 e. The minimum absolute atomic E-state index is 0.228. The fraction of sp³-hybridized carbons (Fsp3) is 0. The molecule has 4 aromatic rings. The molecule has 0 spiro atoms. The summed E-state index contributed by atoms with van der Waals surface area (Å²) in [5.74, 6) is 0. The van der Waals surface area contributed by atoms with Crippen molar-refractivity contribution < 1.29 is 25.9 Å². The van der Waals surface area contributed by atoms with E-state index in [1.807, 2.05) is 12.1 Å². The average Bonchev–Trinajstić information content (AvgIpc) is 2.78. The highest BCUT2D eigenvalue weighted by Crippen LogP contribution is 2.40. The molecule has 0 amide bonds. The number of rotatable bonds is 5. The molecule has 8 nitrogen and oxygen atoms in total. The van der Waals surface area contributed by atoms with Crippen molar-refractivity contribution in [1.29, 1.82) is 0 Å². The molecule has 0 radical (unpaired) electrons. The molecule has 0 heterocycles. The van der Waals surface area contributed by atoms with Crippen molar-refractivity contribution in [2.45, 2.75) is 9.79 Å². The Morgan fingerprint density at radius 3 is 1.09 bits per heavy atom. The zero-order valence-electron chi connectivity index (χ0n) is 17.6. The normalized spacial score (nSPS) is 11.9. The van der Waals surface area contributed by atoms with E-state index in [2.05, 4.69) is 0 Å². The quantitative estimate of drug-likeness (QED) is 0.234. The number of hydrogen-bond acceptors (Lipinski definition) is 6. The first-order valence-corrected chi connectivity index (χ1v) is 12.8. The smallest absolute Gasteiger partial charge is 0.294 e. The second-order valence-electron chi connectivity index (χ2n) is 7.61. The van der Waals surface area contributed by atoms with Gasteiger partial charge in [0.25, 0.3) is 20.2 Å². The van der Waals surface area contributed by atoms with Gasteiger partial charge in [-0.3, -0.25) is 9.11 Å². The van der Waals surface area contributed by atoms with Crippen molar-refractivity contribution in [3.8, 4) is 33.4 Å². The largest absolute Gasteiger partial charge is 0.399 e. The van der Waals surface area contributed by atoms with Crippen LogP contribution in [0.1, 0.15) is 0 Å². The summed E-state index contributed by atoms with van der Waals surface area (Å²) in [7, 11) is -8.67. The lowest BCUT2D eigenvalue weighted by Gasteiger charge is -2.16. The van der Waals surface area contributed by atoms with Gasteiger partial charge >= 0.3 is 0 Å². The Kier molecular flexibility index (Phi) is 5.92. The van der Waals surface area contributed by atoms with Gasteiger partial charge in [-0.1, -0.05) is 36.4 Å². The Morgan fingerprint density at radius 2 is 0.794 bits per heavy atom. The van der Waals surface area contributed by atoms with Crippen LogP contribution in [0.25, 0.3) is 33.4 Å². The lowest BCUT2D eigenvalue weighted by Crippen LogP contribution is -1.98. The zero-order valence-corrected chi connectivity index (χ0v) is 19.2. The second-order valence-corrected chi connectivity index (χ2v) is 10.5. The third kappa shape index (κ3) is 4.80. The van der Waals surface area contributed by atoms with Crippen molar-refractivity contribution >= 4 is 31.6 Å². The Balaban J connectivity index is 1.90. The molecule has 10 heteroatoms. The molecule has 0 atom stereocenters. The highest BCUT2D eigenvalue weighted by molar-refractivity contribution is 7.86. The van der Waals surface area contributed by atoms with E-state index in [-0.39, 0.29) is 9.79 Å². The molecular weight excluding hydrogens is 476 g/mol. The maximum absolute atomic E-state index is 11.4. The van der Waals surface area contributed by atoms with Crippen molar-refractivity contribution in [3.63, 3.8) is 0 Å². The summed E-state index contributed by atoms with van der Waals surface area (Å²) in [4.78, 5) is -0.456. The van der Waals surface area contributed by atoms with Gasteiger partial charge in [-0.05, 0) is 81.9 Å². The predicted molar refractivity (Wildman–Crippen MR) is 131 cm³/mol. The van der Waals surface area contributed by atoms with Crippen LogP contribution in [0.2, 0.25) is 0 Å². The van der Waals surface area contributed by atoms with E-state index in [1.54, 1.807) is 48.5 Å². The number of nitrogen functional groups attached to an aromatic ring is 2. The van der Waals surface area contributed by atoms with E-state index >= 15 is 0 Å². The molecule has 174 valence electrons. The van der Waals surface area contributed by atoms with Gasteiger partial charge < -0.3 is 11.5 Å². The van der Waals surface area contributed by atoms with Crippen molar-refractivity contribution in [2.75, 3.05) is 11.5 Å². The second kappa shape index (κ2) is 8.58. The molecule has 0 fully saturated rings. The van der Waals surface area contributed by atoms with Gasteiger partial charge in [-0.15, -0.1) is 0 Å². The molecule has 0 bridgehead atoms. The Bertz CT molecular complexity index is 1470. The number of nitrogens with two attached hydrogens (primary N) is 2. The summed E-state index contributed by atoms with van der Waals surface area (Å²) in [5, 5.41) is 0. The van der Waals surface area contributed by atoms with Crippen molar-refractivity contribution in [2.24, 2.45) is 0 Å². The highest BCUT2D eigenvalue weighted by atomic mass is 32.2. The van der Waals surface area contributed by atoms with Crippen molar-refractivity contribution in [3.05, 3.63) is 84.9 Å². The van der Waals surface area contributed by atoms with E-state index in [0.29, 0.717) is 33.6 Å². The van der Waals surface area contributed by atoms with Gasteiger partial charge in [0.1, 0.15) is 0 Å². The molecule has 0 aliphatic carbocycles. The fourth-order valence-electron chi connectivity index (χ4n) is 3.68. The molecule has 4 aromatic carbocycles. The fourth-order valence-corrected chi connectivity index (χ4v) is 4.64. The van der Waals surface area contributed by atoms with Gasteiger partial charge in [0.15, 0.2) is 0 Å². The topological polar surface area (TPSA) is 161 Å². The SMILES string of the molecule is Nc1ccc(-c2ccc(N)cc2-c2ccc(S(=O)(=O)O)cc2)c(-c2ccc(S(=O)(=O)O)cc2)c1. The molecule has 6 N–H and O–H groups in total. The zero-order chi connectivity index (χ0) is 24.7. The Hall–Kier alpha value is -3.70. The van der Waals surface area contributed by atoms with Crippen LogP contribution in [0, 0.1) is 0 Å². The summed E-state index contributed by atoms with van der Waals surface area (Å²) in [5.41, 5.74) is 17.3. The van der Waals surface area contributed by atoms with Crippen LogP contribution in [-0.4, -0.2) is 25.9 Å². The molecule has 0 unspecified atom stereocenters. The number of benzene rings is 4. The molecule has 0 aromatic heterocycles. The Labute approximate surface area is 197 Å². The van der Waals surface area contributed by atoms with Gasteiger partial charge in [0.05, 0.1) is 9.79 Å².